The van der Waals surface area contributed by atoms with Crippen molar-refractivity contribution in [2.24, 2.45) is 0 Å². The fraction of sp³-hybridized carbons (Fsp3) is 0.160. The highest BCUT2D eigenvalue weighted by atomic mass is 16.2. The van der Waals surface area contributed by atoms with Gasteiger partial charge in [-0.1, -0.05) is 60.7 Å². The van der Waals surface area contributed by atoms with E-state index < -0.39 is 0 Å². The van der Waals surface area contributed by atoms with E-state index in [0.29, 0.717) is 11.8 Å². The fourth-order valence-corrected chi connectivity index (χ4v) is 3.53. The summed E-state index contributed by atoms with van der Waals surface area (Å²) in [5, 5.41) is 8.85. The maximum atomic E-state index is 13.0. The van der Waals surface area contributed by atoms with E-state index in [9.17, 15) is 9.59 Å². The number of aryl methyl sites for hydroxylation is 2. The first-order chi connectivity index (χ1) is 14.5. The molecular formula is C25H23N3O2. The summed E-state index contributed by atoms with van der Waals surface area (Å²) in [6, 6.07) is 23.3. The van der Waals surface area contributed by atoms with E-state index in [0.717, 1.165) is 33.5 Å². The van der Waals surface area contributed by atoms with Crippen LogP contribution in [0.2, 0.25) is 0 Å². The molecule has 1 aromatic heterocycles. The highest BCUT2D eigenvalue weighted by Gasteiger charge is 2.14. The summed E-state index contributed by atoms with van der Waals surface area (Å²) in [6.45, 7) is 3.77. The van der Waals surface area contributed by atoms with Gasteiger partial charge in [0, 0.05) is 17.5 Å². The van der Waals surface area contributed by atoms with E-state index in [1.165, 1.54) is 4.68 Å². The van der Waals surface area contributed by atoms with E-state index in [1.54, 1.807) is 6.07 Å². The van der Waals surface area contributed by atoms with Crippen LogP contribution in [-0.4, -0.2) is 15.7 Å². The van der Waals surface area contributed by atoms with E-state index in [-0.39, 0.29) is 18.0 Å². The predicted octanol–water partition coefficient (Wildman–Crippen LogP) is 4.24. The summed E-state index contributed by atoms with van der Waals surface area (Å²) < 4.78 is 1.26. The topological polar surface area (TPSA) is 64.0 Å². The van der Waals surface area contributed by atoms with Crippen molar-refractivity contribution in [3.63, 3.8) is 0 Å². The lowest BCUT2D eigenvalue weighted by atomic mass is 10.0. The number of fused-ring (bicyclic) bond motifs is 1. The van der Waals surface area contributed by atoms with Gasteiger partial charge >= 0.3 is 0 Å². The molecule has 0 fully saturated rings. The van der Waals surface area contributed by atoms with E-state index >= 15 is 0 Å². The van der Waals surface area contributed by atoms with Crippen molar-refractivity contribution < 1.29 is 4.79 Å². The smallest absolute Gasteiger partial charge is 0.275 e. The Morgan fingerprint density at radius 2 is 1.63 bits per heavy atom. The number of amides is 1. The van der Waals surface area contributed by atoms with E-state index in [1.807, 2.05) is 80.6 Å². The molecule has 5 heteroatoms. The summed E-state index contributed by atoms with van der Waals surface area (Å²) in [4.78, 5) is 25.7. The molecule has 3 aromatic carbocycles. The molecule has 1 N–H and O–H groups in total. The van der Waals surface area contributed by atoms with Crippen molar-refractivity contribution in [2.45, 2.75) is 26.8 Å². The minimum absolute atomic E-state index is 0.140. The first kappa shape index (κ1) is 19.6. The van der Waals surface area contributed by atoms with Gasteiger partial charge in [-0.05, 0) is 42.7 Å². The number of aromatic nitrogens is 2. The molecule has 0 saturated heterocycles. The van der Waals surface area contributed by atoms with Crippen LogP contribution in [0.15, 0.2) is 77.6 Å². The van der Waals surface area contributed by atoms with Crippen LogP contribution in [0.1, 0.15) is 22.4 Å². The van der Waals surface area contributed by atoms with Gasteiger partial charge in [0.2, 0.25) is 5.91 Å². The number of anilines is 1. The molecule has 0 unspecified atom stereocenters. The van der Waals surface area contributed by atoms with Crippen molar-refractivity contribution in [3.8, 4) is 0 Å². The first-order valence-corrected chi connectivity index (χ1v) is 9.91. The molecule has 0 aliphatic heterocycles. The number of nitrogens with one attached hydrogen (secondary N) is 1. The summed E-state index contributed by atoms with van der Waals surface area (Å²) in [5.41, 5.74) is 4.38. The molecule has 0 atom stereocenters. The molecule has 1 heterocycles. The Hall–Kier alpha value is -3.73. The molecule has 0 radical (unpaired) electrons. The van der Waals surface area contributed by atoms with Crippen molar-refractivity contribution in [3.05, 3.63) is 106 Å². The number of carbonyl (C=O) groups excluding carboxylic acids is 1. The van der Waals surface area contributed by atoms with Gasteiger partial charge in [0.05, 0.1) is 11.1 Å². The average Bonchev–Trinajstić information content (AvgIpc) is 2.75. The molecule has 0 aliphatic carbocycles. The summed E-state index contributed by atoms with van der Waals surface area (Å²) >= 11 is 0. The highest BCUT2D eigenvalue weighted by Crippen LogP contribution is 2.18. The van der Waals surface area contributed by atoms with Gasteiger partial charge < -0.3 is 5.32 Å². The monoisotopic (exact) mass is 397 g/mol. The Labute approximate surface area is 175 Å². The normalized spacial score (nSPS) is 10.9. The second-order valence-electron chi connectivity index (χ2n) is 7.48. The molecular weight excluding hydrogens is 374 g/mol. The molecule has 150 valence electrons. The lowest BCUT2D eigenvalue weighted by Crippen LogP contribution is -2.31. The van der Waals surface area contributed by atoms with Gasteiger partial charge in [0.1, 0.15) is 6.54 Å². The van der Waals surface area contributed by atoms with E-state index in [4.69, 9.17) is 0 Å². The maximum absolute atomic E-state index is 13.0. The SMILES string of the molecule is Cc1ccc(C)c(NC(=O)Cn2nc(Cc3ccccc3)c3ccccc3c2=O)c1. The number of hydrogen-bond donors (Lipinski definition) is 1. The Balaban J connectivity index is 1.68. The van der Waals surface area contributed by atoms with Crippen LogP contribution >= 0.6 is 0 Å². The summed E-state index contributed by atoms with van der Waals surface area (Å²) in [6.07, 6.45) is 0.584. The Bertz CT molecular complexity index is 1280. The zero-order valence-corrected chi connectivity index (χ0v) is 17.1. The molecule has 4 rings (SSSR count). The van der Waals surface area contributed by atoms with Gasteiger partial charge in [-0.3, -0.25) is 9.59 Å². The molecule has 0 bridgehead atoms. The third kappa shape index (κ3) is 4.15. The first-order valence-electron chi connectivity index (χ1n) is 9.91. The van der Waals surface area contributed by atoms with Crippen LogP contribution in [-0.2, 0) is 17.8 Å². The molecule has 30 heavy (non-hydrogen) atoms. The molecule has 0 saturated carbocycles. The number of carbonyl (C=O) groups is 1. The molecule has 1 amide bonds. The van der Waals surface area contributed by atoms with Crippen molar-refractivity contribution in [2.75, 3.05) is 5.32 Å². The molecule has 5 nitrogen and oxygen atoms in total. The van der Waals surface area contributed by atoms with Crippen LogP contribution in [0.25, 0.3) is 10.8 Å². The van der Waals surface area contributed by atoms with Crippen molar-refractivity contribution in [1.29, 1.82) is 0 Å². The van der Waals surface area contributed by atoms with Crippen LogP contribution < -0.4 is 10.9 Å². The molecule has 0 spiro atoms. The molecule has 0 aliphatic rings. The fourth-order valence-electron chi connectivity index (χ4n) is 3.53. The van der Waals surface area contributed by atoms with Gasteiger partial charge in [0.25, 0.3) is 5.56 Å². The largest absolute Gasteiger partial charge is 0.324 e. The zero-order chi connectivity index (χ0) is 21.1. The minimum Gasteiger partial charge on any atom is -0.324 e. The Kier molecular flexibility index (Phi) is 5.44. The number of rotatable bonds is 5. The Morgan fingerprint density at radius 3 is 2.40 bits per heavy atom. The van der Waals surface area contributed by atoms with Crippen LogP contribution in [0.4, 0.5) is 5.69 Å². The van der Waals surface area contributed by atoms with Gasteiger partial charge in [-0.15, -0.1) is 0 Å². The van der Waals surface area contributed by atoms with Gasteiger partial charge in [-0.25, -0.2) is 4.68 Å². The third-order valence-electron chi connectivity index (χ3n) is 5.12. The maximum Gasteiger partial charge on any atom is 0.275 e. The van der Waals surface area contributed by atoms with E-state index in [2.05, 4.69) is 10.4 Å². The van der Waals surface area contributed by atoms with Crippen LogP contribution in [0, 0.1) is 13.8 Å². The highest BCUT2D eigenvalue weighted by molar-refractivity contribution is 5.91. The predicted molar refractivity (Wildman–Crippen MR) is 120 cm³/mol. The number of hydrogen-bond acceptors (Lipinski definition) is 3. The average molecular weight is 397 g/mol. The van der Waals surface area contributed by atoms with Crippen molar-refractivity contribution >= 4 is 22.4 Å². The van der Waals surface area contributed by atoms with Gasteiger partial charge in [-0.2, -0.15) is 5.10 Å². The minimum atomic E-state index is -0.278. The number of benzene rings is 3. The Morgan fingerprint density at radius 1 is 0.933 bits per heavy atom. The van der Waals surface area contributed by atoms with Crippen LogP contribution in [0.5, 0.6) is 0 Å². The quantitative estimate of drug-likeness (QED) is 0.548. The second-order valence-corrected chi connectivity index (χ2v) is 7.48. The summed E-state index contributed by atoms with van der Waals surface area (Å²) in [5.74, 6) is -0.278. The van der Waals surface area contributed by atoms with Crippen molar-refractivity contribution in [1.82, 2.24) is 9.78 Å². The van der Waals surface area contributed by atoms with Gasteiger partial charge in [0.15, 0.2) is 0 Å². The van der Waals surface area contributed by atoms with Crippen LogP contribution in [0.3, 0.4) is 0 Å². The third-order valence-corrected chi connectivity index (χ3v) is 5.12. The summed E-state index contributed by atoms with van der Waals surface area (Å²) in [7, 11) is 0. The lowest BCUT2D eigenvalue weighted by Gasteiger charge is -2.13. The molecule has 4 aromatic rings. The number of nitrogens with zero attached hydrogens (tertiary/aromatic N) is 2. The standard InChI is InChI=1S/C25H23N3O2/c1-17-12-13-18(2)22(14-17)26-24(29)16-28-25(30)21-11-7-6-10-20(21)23(27-28)15-19-8-4-3-5-9-19/h3-14H,15-16H2,1-2H3,(H,26,29). The lowest BCUT2D eigenvalue weighted by molar-refractivity contribution is -0.117. The zero-order valence-electron chi connectivity index (χ0n) is 17.1. The second kappa shape index (κ2) is 8.33.